The molecule has 1 heterocycles. The van der Waals surface area contributed by atoms with Crippen LogP contribution in [0.5, 0.6) is 0 Å². The van der Waals surface area contributed by atoms with Crippen molar-refractivity contribution in [2.24, 2.45) is 0 Å². The third kappa shape index (κ3) is 4.40. The lowest BCUT2D eigenvalue weighted by Crippen LogP contribution is -2.40. The van der Waals surface area contributed by atoms with Crippen molar-refractivity contribution in [2.75, 3.05) is 18.8 Å². The number of anilines is 1. The van der Waals surface area contributed by atoms with E-state index in [1.165, 1.54) is 61.8 Å². The van der Waals surface area contributed by atoms with Crippen LogP contribution in [-0.2, 0) is 19.3 Å². The maximum Gasteiger partial charge on any atom is 0.0349 e. The van der Waals surface area contributed by atoms with Crippen molar-refractivity contribution in [3.63, 3.8) is 0 Å². The zero-order valence-corrected chi connectivity index (χ0v) is 15.7. The molecule has 3 rings (SSSR count). The number of fused-ring (bicyclic) bond motifs is 1. The molecule has 1 atom stereocenters. The van der Waals surface area contributed by atoms with Gasteiger partial charge in [0.15, 0.2) is 0 Å². The van der Waals surface area contributed by atoms with Crippen LogP contribution in [0.15, 0.2) is 35.0 Å². The number of nitrogen functional groups attached to an aromatic ring is 1. The highest BCUT2D eigenvalue weighted by Crippen LogP contribution is 2.28. The topological polar surface area (TPSA) is 29.3 Å². The van der Waals surface area contributed by atoms with Crippen molar-refractivity contribution in [3.8, 4) is 0 Å². The van der Waals surface area contributed by atoms with Crippen molar-refractivity contribution in [1.82, 2.24) is 4.90 Å². The number of aryl methyl sites for hydroxylation is 1. The number of thiophene rings is 1. The normalized spacial score (nSPS) is 17.2. The van der Waals surface area contributed by atoms with Crippen LogP contribution < -0.4 is 5.73 Å². The largest absolute Gasteiger partial charge is 0.398 e. The maximum absolute atomic E-state index is 6.14. The number of nitrogens with zero attached hydrogens (tertiary/aromatic N) is 1. The van der Waals surface area contributed by atoms with Gasteiger partial charge in [-0.15, -0.1) is 0 Å². The molecule has 24 heavy (non-hydrogen) atoms. The van der Waals surface area contributed by atoms with Crippen LogP contribution in [0, 0.1) is 0 Å². The Bertz CT molecular complexity index is 621. The molecule has 1 aromatic heterocycles. The Labute approximate surface area is 150 Å². The van der Waals surface area contributed by atoms with Crippen LogP contribution in [0.25, 0.3) is 0 Å². The monoisotopic (exact) mass is 342 g/mol. The molecule has 0 radical (unpaired) electrons. The molecule has 1 aromatic carbocycles. The Kier molecular flexibility index (Phi) is 6.33. The van der Waals surface area contributed by atoms with Crippen LogP contribution in [0.4, 0.5) is 5.69 Å². The molecule has 0 spiro atoms. The summed E-state index contributed by atoms with van der Waals surface area (Å²) in [5.74, 6) is 0. The van der Waals surface area contributed by atoms with E-state index in [4.69, 9.17) is 5.73 Å². The van der Waals surface area contributed by atoms with Gasteiger partial charge < -0.3 is 10.6 Å². The van der Waals surface area contributed by atoms with Gasteiger partial charge in [-0.3, -0.25) is 0 Å². The molecule has 0 fully saturated rings. The summed E-state index contributed by atoms with van der Waals surface area (Å²) in [6.07, 6.45) is 8.78. The first kappa shape index (κ1) is 17.5. The van der Waals surface area contributed by atoms with Crippen LogP contribution in [0.1, 0.15) is 49.3 Å². The van der Waals surface area contributed by atoms with Crippen molar-refractivity contribution in [3.05, 3.63) is 51.7 Å². The summed E-state index contributed by atoms with van der Waals surface area (Å²) in [5, 5.41) is 4.46. The molecule has 0 amide bonds. The average molecular weight is 343 g/mol. The fourth-order valence-corrected chi connectivity index (χ4v) is 4.69. The number of nitrogens with two attached hydrogens (primary N) is 1. The summed E-state index contributed by atoms with van der Waals surface area (Å²) in [6, 6.07) is 9.38. The fourth-order valence-electron chi connectivity index (χ4n) is 3.98. The van der Waals surface area contributed by atoms with Crippen molar-refractivity contribution >= 4 is 17.0 Å². The summed E-state index contributed by atoms with van der Waals surface area (Å²) in [5.41, 5.74) is 11.5. The molecule has 0 aliphatic heterocycles. The highest BCUT2D eigenvalue weighted by atomic mass is 32.1. The van der Waals surface area contributed by atoms with Gasteiger partial charge in [-0.1, -0.05) is 25.5 Å². The van der Waals surface area contributed by atoms with Crippen LogP contribution in [0.3, 0.4) is 0 Å². The molecular formula is C21H30N2S. The van der Waals surface area contributed by atoms with Crippen LogP contribution in [-0.4, -0.2) is 24.0 Å². The second kappa shape index (κ2) is 8.68. The van der Waals surface area contributed by atoms with Gasteiger partial charge >= 0.3 is 0 Å². The molecule has 0 saturated heterocycles. The molecule has 3 heteroatoms. The van der Waals surface area contributed by atoms with Crippen molar-refractivity contribution < 1.29 is 0 Å². The Balaban J connectivity index is 1.44. The van der Waals surface area contributed by atoms with Gasteiger partial charge in [0, 0.05) is 11.7 Å². The minimum Gasteiger partial charge on any atom is -0.398 e. The average Bonchev–Trinajstić information content (AvgIpc) is 3.11. The molecule has 1 aliphatic rings. The van der Waals surface area contributed by atoms with E-state index in [2.05, 4.69) is 40.8 Å². The molecular weight excluding hydrogens is 312 g/mol. The highest BCUT2D eigenvalue weighted by molar-refractivity contribution is 7.07. The molecule has 0 saturated carbocycles. The van der Waals surface area contributed by atoms with E-state index in [1.807, 2.05) is 17.4 Å². The predicted molar refractivity (Wildman–Crippen MR) is 106 cm³/mol. The minimum absolute atomic E-state index is 0.696. The van der Waals surface area contributed by atoms with E-state index in [0.29, 0.717) is 6.04 Å². The smallest absolute Gasteiger partial charge is 0.0349 e. The van der Waals surface area contributed by atoms with Gasteiger partial charge in [-0.25, -0.2) is 0 Å². The van der Waals surface area contributed by atoms with E-state index in [9.17, 15) is 0 Å². The molecule has 130 valence electrons. The van der Waals surface area contributed by atoms with Crippen molar-refractivity contribution in [2.45, 2.75) is 57.9 Å². The number of rotatable bonds is 8. The third-order valence-electron chi connectivity index (χ3n) is 5.41. The van der Waals surface area contributed by atoms with E-state index >= 15 is 0 Å². The molecule has 1 unspecified atom stereocenters. The van der Waals surface area contributed by atoms with E-state index < -0.39 is 0 Å². The molecule has 1 aliphatic carbocycles. The lowest BCUT2D eigenvalue weighted by molar-refractivity contribution is 0.185. The number of hydrogen-bond acceptors (Lipinski definition) is 3. The first-order chi connectivity index (χ1) is 11.8. The molecule has 0 bridgehead atoms. The third-order valence-corrected chi connectivity index (χ3v) is 6.14. The number of unbranched alkanes of at least 4 members (excludes halogenated alkanes) is 2. The van der Waals surface area contributed by atoms with Crippen molar-refractivity contribution in [1.29, 1.82) is 0 Å². The summed E-state index contributed by atoms with van der Waals surface area (Å²) >= 11 is 1.81. The number of benzene rings is 1. The maximum atomic E-state index is 6.14. The Hall–Kier alpha value is -1.32. The van der Waals surface area contributed by atoms with Crippen LogP contribution in [0.2, 0.25) is 0 Å². The SMILES string of the molecule is CCN(CCCCCc1ccsc1)C1CCc2c(N)cccc2C1. The van der Waals surface area contributed by atoms with Gasteiger partial charge in [-0.2, -0.15) is 11.3 Å². The Morgan fingerprint density at radius 1 is 1.21 bits per heavy atom. The van der Waals surface area contributed by atoms with E-state index in [-0.39, 0.29) is 0 Å². The zero-order valence-electron chi connectivity index (χ0n) is 14.8. The van der Waals surface area contributed by atoms with Gasteiger partial charge in [0.1, 0.15) is 0 Å². The number of likely N-dealkylation sites (N-methyl/N-ethyl adjacent to an activating group) is 1. The molecule has 2 aromatic rings. The quantitative estimate of drug-likeness (QED) is 0.545. The first-order valence-corrected chi connectivity index (χ1v) is 10.3. The Morgan fingerprint density at radius 3 is 2.92 bits per heavy atom. The highest BCUT2D eigenvalue weighted by Gasteiger charge is 2.24. The first-order valence-electron chi connectivity index (χ1n) is 9.39. The summed E-state index contributed by atoms with van der Waals surface area (Å²) < 4.78 is 0. The Morgan fingerprint density at radius 2 is 2.12 bits per heavy atom. The summed E-state index contributed by atoms with van der Waals surface area (Å²) in [7, 11) is 0. The second-order valence-corrected chi connectivity index (χ2v) is 7.73. The van der Waals surface area contributed by atoms with Gasteiger partial charge in [0.2, 0.25) is 0 Å². The summed E-state index contributed by atoms with van der Waals surface area (Å²) in [4.78, 5) is 2.69. The summed E-state index contributed by atoms with van der Waals surface area (Å²) in [6.45, 7) is 4.70. The van der Waals surface area contributed by atoms with E-state index in [1.54, 1.807) is 0 Å². The fraction of sp³-hybridized carbons (Fsp3) is 0.524. The van der Waals surface area contributed by atoms with Gasteiger partial charge in [0.25, 0.3) is 0 Å². The minimum atomic E-state index is 0.696. The zero-order chi connectivity index (χ0) is 16.8. The molecule has 2 nitrogen and oxygen atoms in total. The standard InChI is InChI=1S/C21H30N2S/c1-2-23(13-5-3-4-7-17-12-14-24-16-17)19-10-11-20-18(15-19)8-6-9-21(20)22/h6,8-9,12,14,16,19H,2-5,7,10-11,13,15,22H2,1H3. The second-order valence-electron chi connectivity index (χ2n) is 6.95. The van der Waals surface area contributed by atoms with Crippen LogP contribution >= 0.6 is 11.3 Å². The lowest BCUT2D eigenvalue weighted by atomic mass is 9.86. The molecule has 2 N–H and O–H groups in total. The van der Waals surface area contributed by atoms with E-state index in [0.717, 1.165) is 18.7 Å². The lowest BCUT2D eigenvalue weighted by Gasteiger charge is -2.35. The van der Waals surface area contributed by atoms with Gasteiger partial charge in [-0.05, 0) is 91.2 Å². The van der Waals surface area contributed by atoms with Gasteiger partial charge in [0.05, 0.1) is 0 Å². The predicted octanol–water partition coefficient (Wildman–Crippen LogP) is 4.92. The number of hydrogen-bond donors (Lipinski definition) is 1.